The topological polar surface area (TPSA) is 37.8 Å². The van der Waals surface area contributed by atoms with Gasteiger partial charge in [-0.2, -0.15) is 0 Å². The zero-order valence-electron chi connectivity index (χ0n) is 8.02. The van der Waals surface area contributed by atoms with Crippen molar-refractivity contribution in [2.45, 2.75) is 6.54 Å². The first-order valence-electron chi connectivity index (χ1n) is 4.59. The third-order valence-electron chi connectivity index (χ3n) is 1.96. The number of halogens is 1. The lowest BCUT2D eigenvalue weighted by Crippen LogP contribution is -2.01. The summed E-state index contributed by atoms with van der Waals surface area (Å²) in [6.07, 6.45) is 3.19. The average molecular weight is 203 g/mol. The normalized spacial score (nSPS) is 9.93. The summed E-state index contributed by atoms with van der Waals surface area (Å²) < 4.78 is 12.6. The van der Waals surface area contributed by atoms with Gasteiger partial charge in [0.15, 0.2) is 0 Å². The van der Waals surface area contributed by atoms with Crippen molar-refractivity contribution in [1.29, 1.82) is 0 Å². The van der Waals surface area contributed by atoms with Crippen molar-refractivity contribution in [3.63, 3.8) is 0 Å². The predicted molar refractivity (Wildman–Crippen MR) is 55.8 cm³/mol. The fourth-order valence-electron chi connectivity index (χ4n) is 1.18. The zero-order chi connectivity index (χ0) is 10.5. The first-order valence-corrected chi connectivity index (χ1v) is 4.59. The molecule has 1 aromatic carbocycles. The molecule has 3 nitrogen and oxygen atoms in total. The van der Waals surface area contributed by atoms with Crippen LogP contribution in [0.3, 0.4) is 0 Å². The summed E-state index contributed by atoms with van der Waals surface area (Å²) >= 11 is 0. The maximum absolute atomic E-state index is 12.6. The van der Waals surface area contributed by atoms with E-state index in [4.69, 9.17) is 0 Å². The van der Waals surface area contributed by atoms with Gasteiger partial charge in [0.05, 0.1) is 12.2 Å². The third kappa shape index (κ3) is 2.74. The Morgan fingerprint density at radius 2 is 1.93 bits per heavy atom. The highest BCUT2D eigenvalue weighted by Crippen LogP contribution is 2.09. The Balaban J connectivity index is 1.96. The van der Waals surface area contributed by atoms with E-state index in [0.29, 0.717) is 6.54 Å². The second kappa shape index (κ2) is 4.50. The first kappa shape index (κ1) is 9.58. The third-order valence-corrected chi connectivity index (χ3v) is 1.96. The minimum Gasteiger partial charge on any atom is -0.379 e. The van der Waals surface area contributed by atoms with Gasteiger partial charge in [-0.25, -0.2) is 14.4 Å². The van der Waals surface area contributed by atoms with Crippen LogP contribution in [0.25, 0.3) is 0 Å². The van der Waals surface area contributed by atoms with E-state index >= 15 is 0 Å². The second-order valence-corrected chi connectivity index (χ2v) is 3.06. The molecule has 0 atom stereocenters. The van der Waals surface area contributed by atoms with Crippen molar-refractivity contribution in [2.75, 3.05) is 5.32 Å². The van der Waals surface area contributed by atoms with Crippen molar-refractivity contribution in [2.24, 2.45) is 0 Å². The molecule has 0 saturated carbocycles. The van der Waals surface area contributed by atoms with Crippen LogP contribution in [0.4, 0.5) is 10.1 Å². The molecule has 4 heteroatoms. The minimum atomic E-state index is -0.234. The molecule has 0 bridgehead atoms. The summed E-state index contributed by atoms with van der Waals surface area (Å²) in [4.78, 5) is 7.89. The fraction of sp³-hybridized carbons (Fsp3) is 0.0909. The molecule has 1 heterocycles. The monoisotopic (exact) mass is 203 g/mol. The molecule has 0 aliphatic carbocycles. The lowest BCUT2D eigenvalue weighted by Gasteiger charge is -2.04. The largest absolute Gasteiger partial charge is 0.379 e. The standard InChI is InChI=1S/C11H10FN3/c12-9-1-3-10(4-2-9)14-7-11-5-6-13-8-15-11/h1-6,8,14H,7H2. The van der Waals surface area contributed by atoms with Crippen molar-refractivity contribution < 1.29 is 4.39 Å². The van der Waals surface area contributed by atoms with E-state index in [1.165, 1.54) is 18.5 Å². The Bertz CT molecular complexity index is 414. The van der Waals surface area contributed by atoms with Gasteiger partial charge in [0.25, 0.3) is 0 Å². The number of hydrogen-bond donors (Lipinski definition) is 1. The van der Waals surface area contributed by atoms with Crippen LogP contribution in [-0.4, -0.2) is 9.97 Å². The van der Waals surface area contributed by atoms with Crippen LogP contribution in [0.15, 0.2) is 42.9 Å². The molecule has 76 valence electrons. The fourth-order valence-corrected chi connectivity index (χ4v) is 1.18. The molecule has 0 aliphatic rings. The summed E-state index contributed by atoms with van der Waals surface area (Å²) in [6.45, 7) is 0.605. The second-order valence-electron chi connectivity index (χ2n) is 3.06. The Kier molecular flexibility index (Phi) is 2.88. The number of anilines is 1. The molecule has 1 aromatic heterocycles. The lowest BCUT2D eigenvalue weighted by atomic mass is 10.3. The summed E-state index contributed by atoms with van der Waals surface area (Å²) in [5, 5.41) is 3.13. The highest BCUT2D eigenvalue weighted by atomic mass is 19.1. The minimum absolute atomic E-state index is 0.234. The number of aromatic nitrogens is 2. The van der Waals surface area contributed by atoms with Crippen LogP contribution in [0.1, 0.15) is 5.69 Å². The van der Waals surface area contributed by atoms with Gasteiger partial charge in [-0.15, -0.1) is 0 Å². The van der Waals surface area contributed by atoms with Gasteiger partial charge in [-0.05, 0) is 30.3 Å². The molecule has 15 heavy (non-hydrogen) atoms. The molecule has 1 N–H and O–H groups in total. The van der Waals surface area contributed by atoms with Gasteiger partial charge >= 0.3 is 0 Å². The smallest absolute Gasteiger partial charge is 0.123 e. The van der Waals surface area contributed by atoms with Gasteiger partial charge in [-0.1, -0.05) is 0 Å². The Hall–Kier alpha value is -1.97. The van der Waals surface area contributed by atoms with Gasteiger partial charge in [0, 0.05) is 11.9 Å². The molecule has 0 spiro atoms. The molecule has 2 aromatic rings. The van der Waals surface area contributed by atoms with Crippen LogP contribution in [-0.2, 0) is 6.54 Å². The molecule has 0 unspecified atom stereocenters. The van der Waals surface area contributed by atoms with Crippen molar-refractivity contribution in [3.8, 4) is 0 Å². The van der Waals surface area contributed by atoms with E-state index in [1.807, 2.05) is 6.07 Å². The summed E-state index contributed by atoms with van der Waals surface area (Å²) in [5.74, 6) is -0.234. The lowest BCUT2D eigenvalue weighted by molar-refractivity contribution is 0.628. The van der Waals surface area contributed by atoms with E-state index in [-0.39, 0.29) is 5.82 Å². The van der Waals surface area contributed by atoms with E-state index in [9.17, 15) is 4.39 Å². The van der Waals surface area contributed by atoms with E-state index < -0.39 is 0 Å². The molecular weight excluding hydrogens is 193 g/mol. The quantitative estimate of drug-likeness (QED) is 0.831. The number of rotatable bonds is 3. The van der Waals surface area contributed by atoms with Crippen LogP contribution in [0, 0.1) is 5.82 Å². The summed E-state index contributed by atoms with van der Waals surface area (Å²) in [6, 6.07) is 8.05. The number of nitrogens with one attached hydrogen (secondary N) is 1. The van der Waals surface area contributed by atoms with E-state index in [1.54, 1.807) is 18.3 Å². The molecule has 0 saturated heterocycles. The van der Waals surface area contributed by atoms with Crippen molar-refractivity contribution in [1.82, 2.24) is 9.97 Å². The Morgan fingerprint density at radius 1 is 1.13 bits per heavy atom. The van der Waals surface area contributed by atoms with Gasteiger partial charge in [0.2, 0.25) is 0 Å². The van der Waals surface area contributed by atoms with Crippen molar-refractivity contribution in [3.05, 3.63) is 54.4 Å². The van der Waals surface area contributed by atoms with Gasteiger partial charge in [-0.3, -0.25) is 0 Å². The highest BCUT2D eigenvalue weighted by molar-refractivity contribution is 5.42. The van der Waals surface area contributed by atoms with Crippen LogP contribution < -0.4 is 5.32 Å². The molecule has 0 radical (unpaired) electrons. The molecule has 0 aliphatic heterocycles. The number of hydrogen-bond acceptors (Lipinski definition) is 3. The maximum atomic E-state index is 12.6. The predicted octanol–water partition coefficient (Wildman–Crippen LogP) is 2.23. The number of nitrogens with zero attached hydrogens (tertiary/aromatic N) is 2. The van der Waals surface area contributed by atoms with E-state index in [0.717, 1.165) is 11.4 Å². The molecule has 2 rings (SSSR count). The van der Waals surface area contributed by atoms with Gasteiger partial charge < -0.3 is 5.32 Å². The van der Waals surface area contributed by atoms with Crippen LogP contribution in [0.5, 0.6) is 0 Å². The Morgan fingerprint density at radius 3 is 2.60 bits per heavy atom. The van der Waals surface area contributed by atoms with Crippen LogP contribution in [0.2, 0.25) is 0 Å². The average Bonchev–Trinajstić information content (AvgIpc) is 2.30. The number of benzene rings is 1. The zero-order valence-corrected chi connectivity index (χ0v) is 8.02. The van der Waals surface area contributed by atoms with Crippen molar-refractivity contribution >= 4 is 5.69 Å². The summed E-state index contributed by atoms with van der Waals surface area (Å²) in [5.41, 5.74) is 1.77. The maximum Gasteiger partial charge on any atom is 0.123 e. The highest BCUT2D eigenvalue weighted by Gasteiger charge is 1.94. The first-order chi connectivity index (χ1) is 7.34. The summed E-state index contributed by atoms with van der Waals surface area (Å²) in [7, 11) is 0. The molecular formula is C11H10FN3. The van der Waals surface area contributed by atoms with E-state index in [2.05, 4.69) is 15.3 Å². The van der Waals surface area contributed by atoms with Crippen LogP contribution >= 0.6 is 0 Å². The van der Waals surface area contributed by atoms with Gasteiger partial charge in [0.1, 0.15) is 12.1 Å². The molecule has 0 fully saturated rings. The molecule has 0 amide bonds. The Labute approximate surface area is 87.0 Å². The SMILES string of the molecule is Fc1ccc(NCc2ccncn2)cc1.